The summed E-state index contributed by atoms with van der Waals surface area (Å²) < 4.78 is 21.8. The third-order valence-corrected chi connectivity index (χ3v) is 13.0. The highest BCUT2D eigenvalue weighted by Gasteiger charge is 2.27. The van der Waals surface area contributed by atoms with Gasteiger partial charge in [0.25, 0.3) is 0 Å². The van der Waals surface area contributed by atoms with E-state index in [1.54, 1.807) is 10.4 Å². The average Bonchev–Trinajstić information content (AvgIpc) is 3.56. The second-order valence-corrected chi connectivity index (χ2v) is 19.3. The van der Waals surface area contributed by atoms with Crippen LogP contribution in [-0.2, 0) is 18.9 Å². The van der Waals surface area contributed by atoms with Gasteiger partial charge in [0.15, 0.2) is 0 Å². The van der Waals surface area contributed by atoms with Crippen LogP contribution in [-0.4, -0.2) is 68.0 Å². The minimum absolute atomic E-state index is 0.379. The fourth-order valence-corrected chi connectivity index (χ4v) is 8.42. The van der Waals surface area contributed by atoms with Gasteiger partial charge in [0.2, 0.25) is 0 Å². The van der Waals surface area contributed by atoms with Gasteiger partial charge in [0, 0.05) is 13.2 Å². The van der Waals surface area contributed by atoms with E-state index in [-0.39, 0.29) is 0 Å². The molecular formula is C22H38O4Si2. The van der Waals surface area contributed by atoms with Gasteiger partial charge in [-0.15, -0.1) is 0 Å². The number of benzene rings is 1. The second kappa shape index (κ2) is 10.0. The summed E-state index contributed by atoms with van der Waals surface area (Å²) in [6, 6.07) is 12.2. The minimum Gasteiger partial charge on any atom is -0.379 e. The topological polar surface area (TPSA) is 43.5 Å². The molecule has 0 saturated carbocycles. The number of epoxide rings is 2. The molecule has 2 atom stereocenters. The summed E-state index contributed by atoms with van der Waals surface area (Å²) in [5.41, 5.74) is 0. The molecule has 2 aliphatic heterocycles. The van der Waals surface area contributed by atoms with Crippen LogP contribution in [0.1, 0.15) is 12.8 Å². The minimum atomic E-state index is -1.39. The van der Waals surface area contributed by atoms with E-state index in [2.05, 4.69) is 50.5 Å². The van der Waals surface area contributed by atoms with Crippen LogP contribution >= 0.6 is 0 Å². The second-order valence-electron chi connectivity index (χ2n) is 9.61. The lowest BCUT2D eigenvalue weighted by Gasteiger charge is -2.26. The summed E-state index contributed by atoms with van der Waals surface area (Å²) in [5.74, 6) is 0. The number of rotatable bonds is 14. The van der Waals surface area contributed by atoms with E-state index in [1.165, 1.54) is 12.1 Å². The van der Waals surface area contributed by atoms with Gasteiger partial charge in [-0.2, -0.15) is 0 Å². The molecule has 0 aliphatic carbocycles. The van der Waals surface area contributed by atoms with Crippen LogP contribution < -0.4 is 10.4 Å². The van der Waals surface area contributed by atoms with E-state index >= 15 is 0 Å². The molecule has 1 aromatic rings. The molecule has 2 fully saturated rings. The van der Waals surface area contributed by atoms with Crippen molar-refractivity contribution in [1.82, 2.24) is 0 Å². The molecular weight excluding hydrogens is 384 g/mol. The van der Waals surface area contributed by atoms with E-state index in [0.717, 1.165) is 52.5 Å². The van der Waals surface area contributed by atoms with Crippen LogP contribution in [0.3, 0.4) is 0 Å². The van der Waals surface area contributed by atoms with Crippen LogP contribution in [0.4, 0.5) is 0 Å². The fourth-order valence-electron chi connectivity index (χ4n) is 3.65. The smallest absolute Gasteiger partial charge is 0.104 e. The molecule has 2 aliphatic rings. The lowest BCUT2D eigenvalue weighted by Crippen LogP contribution is -2.45. The first-order valence-electron chi connectivity index (χ1n) is 10.9. The Morgan fingerprint density at radius 1 is 0.750 bits per heavy atom. The van der Waals surface area contributed by atoms with Crippen LogP contribution in [0.15, 0.2) is 24.3 Å². The lowest BCUT2D eigenvalue weighted by molar-refractivity contribution is 0.117. The largest absolute Gasteiger partial charge is 0.379 e. The summed E-state index contributed by atoms with van der Waals surface area (Å²) in [6.45, 7) is 15.0. The molecule has 0 aromatic heterocycles. The van der Waals surface area contributed by atoms with Crippen molar-refractivity contribution in [1.29, 1.82) is 0 Å². The van der Waals surface area contributed by atoms with Crippen LogP contribution in [0.2, 0.25) is 38.3 Å². The van der Waals surface area contributed by atoms with Crippen molar-refractivity contribution >= 4 is 26.5 Å². The van der Waals surface area contributed by atoms with E-state index in [0.29, 0.717) is 12.2 Å². The van der Waals surface area contributed by atoms with Gasteiger partial charge in [-0.05, 0) is 12.8 Å². The van der Waals surface area contributed by atoms with Crippen molar-refractivity contribution < 1.29 is 18.9 Å². The fraction of sp³-hybridized carbons (Fsp3) is 0.727. The van der Waals surface area contributed by atoms with Gasteiger partial charge in [0.05, 0.1) is 42.6 Å². The molecule has 3 rings (SSSR count). The van der Waals surface area contributed by atoms with Gasteiger partial charge in [0.1, 0.15) is 12.2 Å². The Kier molecular flexibility index (Phi) is 7.92. The molecule has 0 spiro atoms. The normalized spacial score (nSPS) is 21.7. The maximum Gasteiger partial charge on any atom is 0.104 e. The SMILES string of the molecule is C[Si](C)(CCCOCC1CO1)c1ccc([Si](C)(C)CCCOCC2CO2)cc1. The Morgan fingerprint density at radius 2 is 1.11 bits per heavy atom. The monoisotopic (exact) mass is 422 g/mol. The zero-order valence-corrected chi connectivity index (χ0v) is 20.2. The molecule has 2 unspecified atom stereocenters. The third-order valence-electron chi connectivity index (χ3n) is 6.04. The van der Waals surface area contributed by atoms with Gasteiger partial charge >= 0.3 is 0 Å². The summed E-state index contributed by atoms with van der Waals surface area (Å²) in [5, 5.41) is 3.14. The molecule has 4 nitrogen and oxygen atoms in total. The molecule has 6 heteroatoms. The predicted molar refractivity (Wildman–Crippen MR) is 121 cm³/mol. The predicted octanol–water partition coefficient (Wildman–Crippen LogP) is 3.13. The van der Waals surface area contributed by atoms with Gasteiger partial charge in [-0.3, -0.25) is 0 Å². The van der Waals surface area contributed by atoms with Crippen LogP contribution in [0, 0.1) is 0 Å². The highest BCUT2D eigenvalue weighted by molar-refractivity contribution is 6.91. The highest BCUT2D eigenvalue weighted by Crippen LogP contribution is 2.16. The zero-order valence-electron chi connectivity index (χ0n) is 18.2. The molecule has 2 saturated heterocycles. The van der Waals surface area contributed by atoms with Crippen molar-refractivity contribution in [2.75, 3.05) is 39.6 Å². The third kappa shape index (κ3) is 7.39. The van der Waals surface area contributed by atoms with Crippen molar-refractivity contribution in [2.24, 2.45) is 0 Å². The summed E-state index contributed by atoms with van der Waals surface area (Å²) in [4.78, 5) is 0. The van der Waals surface area contributed by atoms with Crippen molar-refractivity contribution in [2.45, 2.75) is 63.3 Å². The van der Waals surface area contributed by atoms with Crippen molar-refractivity contribution in [3.05, 3.63) is 24.3 Å². The van der Waals surface area contributed by atoms with E-state index in [9.17, 15) is 0 Å². The first-order chi connectivity index (χ1) is 13.4. The molecule has 0 bridgehead atoms. The Morgan fingerprint density at radius 3 is 1.43 bits per heavy atom. The van der Waals surface area contributed by atoms with Gasteiger partial charge in [-0.25, -0.2) is 0 Å². The first-order valence-corrected chi connectivity index (χ1v) is 17.3. The lowest BCUT2D eigenvalue weighted by atomic mass is 10.4. The Hall–Kier alpha value is -0.506. The molecule has 2 heterocycles. The van der Waals surface area contributed by atoms with Gasteiger partial charge in [-0.1, -0.05) is 72.9 Å². The molecule has 0 amide bonds. The van der Waals surface area contributed by atoms with Gasteiger partial charge < -0.3 is 18.9 Å². The maximum absolute atomic E-state index is 5.71. The molecule has 1 aromatic carbocycles. The number of ether oxygens (including phenoxy) is 4. The van der Waals surface area contributed by atoms with Crippen LogP contribution in [0.25, 0.3) is 0 Å². The van der Waals surface area contributed by atoms with E-state index < -0.39 is 16.1 Å². The zero-order chi connectivity index (χ0) is 20.0. The maximum atomic E-state index is 5.71. The summed E-state index contributed by atoms with van der Waals surface area (Å²) >= 11 is 0. The van der Waals surface area contributed by atoms with Crippen molar-refractivity contribution in [3.63, 3.8) is 0 Å². The standard InChI is InChI=1S/C22H38O4Si2/c1-27(2,13-5-11-23-15-19-17-25-19)21-7-9-22(10-8-21)28(3,4)14-6-12-24-16-20-18-26-20/h7-10,19-20H,5-6,11-18H2,1-4H3. The Bertz CT molecular complexity index is 542. The summed E-state index contributed by atoms with van der Waals surface area (Å²) in [7, 11) is -2.78. The number of hydrogen-bond acceptors (Lipinski definition) is 4. The Balaban J connectivity index is 1.40. The Labute approximate surface area is 172 Å². The molecule has 0 radical (unpaired) electrons. The van der Waals surface area contributed by atoms with Crippen LogP contribution in [0.5, 0.6) is 0 Å². The van der Waals surface area contributed by atoms with E-state index in [1.807, 2.05) is 0 Å². The van der Waals surface area contributed by atoms with E-state index in [4.69, 9.17) is 18.9 Å². The number of hydrogen-bond donors (Lipinski definition) is 0. The molecule has 0 N–H and O–H groups in total. The summed E-state index contributed by atoms with van der Waals surface area (Å²) in [6.07, 6.45) is 3.06. The first kappa shape index (κ1) is 22.2. The molecule has 158 valence electrons. The quantitative estimate of drug-likeness (QED) is 0.262. The highest BCUT2D eigenvalue weighted by atomic mass is 28.3. The average molecular weight is 423 g/mol. The van der Waals surface area contributed by atoms with Crippen molar-refractivity contribution in [3.8, 4) is 0 Å². The molecule has 28 heavy (non-hydrogen) atoms.